The SMILES string of the molecule is CN(C(=O)C1CN(C(=O)O)C1)c1nccnc1Cl. The van der Waals surface area contributed by atoms with E-state index in [1.54, 1.807) is 7.05 Å². The summed E-state index contributed by atoms with van der Waals surface area (Å²) < 4.78 is 0. The van der Waals surface area contributed by atoms with Crippen LogP contribution in [-0.2, 0) is 4.79 Å². The molecule has 1 aliphatic rings. The smallest absolute Gasteiger partial charge is 0.407 e. The molecule has 0 aromatic carbocycles. The Kier molecular flexibility index (Phi) is 3.33. The molecule has 2 rings (SSSR count). The zero-order valence-electron chi connectivity index (χ0n) is 9.58. The number of anilines is 1. The normalized spacial score (nSPS) is 15.1. The maximum absolute atomic E-state index is 12.0. The van der Waals surface area contributed by atoms with Crippen LogP contribution in [0.3, 0.4) is 0 Å². The van der Waals surface area contributed by atoms with Gasteiger partial charge in [0.15, 0.2) is 11.0 Å². The van der Waals surface area contributed by atoms with E-state index < -0.39 is 6.09 Å². The molecule has 0 saturated carbocycles. The summed E-state index contributed by atoms with van der Waals surface area (Å²) in [5, 5.41) is 8.83. The molecule has 8 heteroatoms. The molecule has 1 aromatic rings. The third kappa shape index (κ3) is 2.21. The van der Waals surface area contributed by atoms with Crippen LogP contribution in [0.4, 0.5) is 10.6 Å². The van der Waals surface area contributed by atoms with E-state index in [4.69, 9.17) is 16.7 Å². The minimum atomic E-state index is -1.01. The molecule has 2 amide bonds. The van der Waals surface area contributed by atoms with Crippen LogP contribution in [0.5, 0.6) is 0 Å². The number of hydrogen-bond donors (Lipinski definition) is 1. The number of aromatic nitrogens is 2. The molecule has 7 nitrogen and oxygen atoms in total. The number of rotatable bonds is 2. The van der Waals surface area contributed by atoms with Gasteiger partial charge in [0.05, 0.1) is 5.92 Å². The first kappa shape index (κ1) is 12.6. The number of carbonyl (C=O) groups is 2. The van der Waals surface area contributed by atoms with Crippen molar-refractivity contribution >= 4 is 29.4 Å². The predicted molar refractivity (Wildman–Crippen MR) is 63.5 cm³/mol. The van der Waals surface area contributed by atoms with Gasteiger partial charge in [-0.2, -0.15) is 0 Å². The Labute approximate surface area is 108 Å². The molecule has 1 saturated heterocycles. The highest BCUT2D eigenvalue weighted by atomic mass is 35.5. The lowest BCUT2D eigenvalue weighted by Gasteiger charge is -2.37. The Morgan fingerprint density at radius 2 is 2.06 bits per heavy atom. The van der Waals surface area contributed by atoms with Gasteiger partial charge >= 0.3 is 6.09 Å². The molecule has 0 radical (unpaired) electrons. The number of likely N-dealkylation sites (tertiary alicyclic amines) is 1. The zero-order chi connectivity index (χ0) is 13.3. The molecule has 0 atom stereocenters. The Bertz CT molecular complexity index is 490. The molecule has 1 N–H and O–H groups in total. The zero-order valence-corrected chi connectivity index (χ0v) is 10.3. The van der Waals surface area contributed by atoms with Gasteiger partial charge in [-0.15, -0.1) is 0 Å². The van der Waals surface area contributed by atoms with E-state index in [9.17, 15) is 9.59 Å². The van der Waals surface area contributed by atoms with Crippen molar-refractivity contribution < 1.29 is 14.7 Å². The van der Waals surface area contributed by atoms with E-state index in [-0.39, 0.29) is 35.9 Å². The number of halogens is 1. The van der Waals surface area contributed by atoms with Crippen LogP contribution in [0.25, 0.3) is 0 Å². The van der Waals surface area contributed by atoms with E-state index in [2.05, 4.69) is 9.97 Å². The van der Waals surface area contributed by atoms with Crippen LogP contribution in [0.2, 0.25) is 5.15 Å². The first-order valence-corrected chi connectivity index (χ1v) is 5.60. The van der Waals surface area contributed by atoms with Crippen molar-refractivity contribution in [2.45, 2.75) is 0 Å². The predicted octanol–water partition coefficient (Wildman–Crippen LogP) is 0.703. The Hall–Kier alpha value is -1.89. The van der Waals surface area contributed by atoms with Gasteiger partial charge in [-0.3, -0.25) is 9.69 Å². The van der Waals surface area contributed by atoms with E-state index in [1.807, 2.05) is 0 Å². The standard InChI is InChI=1S/C10H11ClN4O3/c1-14(8-7(11)12-2-3-13-8)9(16)6-4-15(5-6)10(17)18/h2-3,6H,4-5H2,1H3,(H,17,18). The molecule has 0 bridgehead atoms. The second kappa shape index (κ2) is 4.77. The topological polar surface area (TPSA) is 86.6 Å². The van der Waals surface area contributed by atoms with Crippen molar-refractivity contribution in [2.75, 3.05) is 25.0 Å². The molecule has 0 spiro atoms. The molecule has 2 heterocycles. The van der Waals surface area contributed by atoms with Gasteiger partial charge in [-0.05, 0) is 0 Å². The summed E-state index contributed by atoms with van der Waals surface area (Å²) in [6, 6.07) is 0. The van der Waals surface area contributed by atoms with E-state index in [1.165, 1.54) is 22.2 Å². The van der Waals surface area contributed by atoms with Gasteiger partial charge in [0.1, 0.15) is 0 Å². The van der Waals surface area contributed by atoms with Gasteiger partial charge < -0.3 is 10.0 Å². The van der Waals surface area contributed by atoms with Crippen molar-refractivity contribution in [2.24, 2.45) is 5.92 Å². The lowest BCUT2D eigenvalue weighted by atomic mass is 9.99. The molecule has 1 aliphatic heterocycles. The minimum Gasteiger partial charge on any atom is -0.465 e. The first-order valence-electron chi connectivity index (χ1n) is 5.22. The average Bonchev–Trinajstić information content (AvgIpc) is 2.26. The fourth-order valence-electron chi connectivity index (χ4n) is 1.71. The second-order valence-electron chi connectivity index (χ2n) is 3.95. The monoisotopic (exact) mass is 270 g/mol. The number of amides is 2. The Balaban J connectivity index is 2.03. The minimum absolute atomic E-state index is 0.141. The Morgan fingerprint density at radius 3 is 2.61 bits per heavy atom. The van der Waals surface area contributed by atoms with Crippen LogP contribution < -0.4 is 4.90 Å². The van der Waals surface area contributed by atoms with E-state index in [0.717, 1.165) is 0 Å². The van der Waals surface area contributed by atoms with Crippen LogP contribution in [-0.4, -0.2) is 52.1 Å². The largest absolute Gasteiger partial charge is 0.465 e. The van der Waals surface area contributed by atoms with Gasteiger partial charge in [0, 0.05) is 32.5 Å². The molecule has 1 aromatic heterocycles. The first-order chi connectivity index (χ1) is 8.50. The highest BCUT2D eigenvalue weighted by Crippen LogP contribution is 2.23. The maximum Gasteiger partial charge on any atom is 0.407 e. The number of hydrogen-bond acceptors (Lipinski definition) is 4. The van der Waals surface area contributed by atoms with Gasteiger partial charge in [0.2, 0.25) is 5.91 Å². The van der Waals surface area contributed by atoms with Crippen LogP contribution in [0.1, 0.15) is 0 Å². The fourth-order valence-corrected chi connectivity index (χ4v) is 1.94. The van der Waals surface area contributed by atoms with Crippen molar-refractivity contribution in [1.29, 1.82) is 0 Å². The summed E-state index contributed by atoms with van der Waals surface area (Å²) in [5.74, 6) is -0.281. The van der Waals surface area contributed by atoms with Gasteiger partial charge in [-0.25, -0.2) is 14.8 Å². The Morgan fingerprint density at radius 1 is 1.44 bits per heavy atom. The summed E-state index contributed by atoms with van der Waals surface area (Å²) in [7, 11) is 1.54. The average molecular weight is 271 g/mol. The third-order valence-electron chi connectivity index (χ3n) is 2.79. The maximum atomic E-state index is 12.0. The van der Waals surface area contributed by atoms with Crippen LogP contribution in [0, 0.1) is 5.92 Å². The summed E-state index contributed by atoms with van der Waals surface area (Å²) in [6.45, 7) is 0.409. The number of carboxylic acid groups (broad SMARTS) is 1. The second-order valence-corrected chi connectivity index (χ2v) is 4.31. The number of carbonyl (C=O) groups excluding carboxylic acids is 1. The third-order valence-corrected chi connectivity index (χ3v) is 3.05. The van der Waals surface area contributed by atoms with Crippen molar-refractivity contribution in [3.63, 3.8) is 0 Å². The van der Waals surface area contributed by atoms with Crippen molar-refractivity contribution in [3.8, 4) is 0 Å². The van der Waals surface area contributed by atoms with E-state index in [0.29, 0.717) is 0 Å². The highest BCUT2D eigenvalue weighted by molar-refractivity contribution is 6.32. The van der Waals surface area contributed by atoms with Crippen molar-refractivity contribution in [3.05, 3.63) is 17.5 Å². The number of nitrogens with zero attached hydrogens (tertiary/aromatic N) is 4. The lowest BCUT2D eigenvalue weighted by Crippen LogP contribution is -2.55. The molecule has 18 heavy (non-hydrogen) atoms. The lowest BCUT2D eigenvalue weighted by molar-refractivity contribution is -0.126. The van der Waals surface area contributed by atoms with Crippen molar-refractivity contribution in [1.82, 2.24) is 14.9 Å². The molecular weight excluding hydrogens is 260 g/mol. The molecule has 96 valence electrons. The molecule has 0 aliphatic carbocycles. The van der Waals surface area contributed by atoms with Gasteiger partial charge in [0.25, 0.3) is 0 Å². The van der Waals surface area contributed by atoms with Gasteiger partial charge in [-0.1, -0.05) is 11.6 Å². The molecular formula is C10H11ClN4O3. The summed E-state index contributed by atoms with van der Waals surface area (Å²) in [5.41, 5.74) is 0. The van der Waals surface area contributed by atoms with Crippen LogP contribution in [0.15, 0.2) is 12.4 Å². The summed E-state index contributed by atoms with van der Waals surface area (Å²) in [6.07, 6.45) is 1.86. The summed E-state index contributed by atoms with van der Waals surface area (Å²) in [4.78, 5) is 32.9. The summed E-state index contributed by atoms with van der Waals surface area (Å²) >= 11 is 5.84. The van der Waals surface area contributed by atoms with Crippen LogP contribution >= 0.6 is 11.6 Å². The highest BCUT2D eigenvalue weighted by Gasteiger charge is 2.38. The van der Waals surface area contributed by atoms with E-state index >= 15 is 0 Å². The molecule has 0 unspecified atom stereocenters. The molecule has 1 fully saturated rings. The quantitative estimate of drug-likeness (QED) is 0.855. The fraction of sp³-hybridized carbons (Fsp3) is 0.400.